The summed E-state index contributed by atoms with van der Waals surface area (Å²) >= 11 is 0. The Balaban J connectivity index is 1.22. The van der Waals surface area contributed by atoms with Gasteiger partial charge in [0.15, 0.2) is 0 Å². The molecule has 3 aliphatic rings. The molecule has 0 N–H and O–H groups in total. The van der Waals surface area contributed by atoms with E-state index in [1.165, 1.54) is 70.6 Å². The monoisotopic (exact) mass is 396 g/mol. The zero-order chi connectivity index (χ0) is 20.1. The van der Waals surface area contributed by atoms with Crippen molar-refractivity contribution in [3.63, 3.8) is 0 Å². The zero-order valence-electron chi connectivity index (χ0n) is 19.1. The first-order valence-electron chi connectivity index (χ1n) is 12.9. The van der Waals surface area contributed by atoms with Gasteiger partial charge in [-0.05, 0) is 91.7 Å². The van der Waals surface area contributed by atoms with Crippen LogP contribution in [-0.4, -0.2) is 6.61 Å². The van der Waals surface area contributed by atoms with Crippen LogP contribution in [0.1, 0.15) is 109 Å². The van der Waals surface area contributed by atoms with E-state index in [-0.39, 0.29) is 0 Å². The highest BCUT2D eigenvalue weighted by molar-refractivity contribution is 5.30. The third-order valence-electron chi connectivity index (χ3n) is 8.66. The number of benzene rings is 1. The molecule has 0 saturated heterocycles. The van der Waals surface area contributed by atoms with Crippen molar-refractivity contribution in [1.29, 1.82) is 0 Å². The fourth-order valence-corrected chi connectivity index (χ4v) is 6.70. The maximum absolute atomic E-state index is 5.77. The molecular formula is C28H44O. The topological polar surface area (TPSA) is 9.23 Å². The molecule has 0 radical (unpaired) electrons. The molecule has 1 aromatic carbocycles. The Morgan fingerprint density at radius 1 is 0.759 bits per heavy atom. The Bertz CT molecular complexity index is 597. The molecule has 0 aliphatic heterocycles. The van der Waals surface area contributed by atoms with E-state index in [1.807, 2.05) is 0 Å². The predicted octanol–water partition coefficient (Wildman–Crippen LogP) is 8.38. The van der Waals surface area contributed by atoms with E-state index in [2.05, 4.69) is 38.1 Å². The van der Waals surface area contributed by atoms with E-state index >= 15 is 0 Å². The second kappa shape index (κ2) is 10.4. The van der Waals surface area contributed by atoms with Crippen LogP contribution in [0.15, 0.2) is 24.3 Å². The smallest absolute Gasteiger partial charge is 0.119 e. The minimum absolute atomic E-state index is 0.789. The summed E-state index contributed by atoms with van der Waals surface area (Å²) in [4.78, 5) is 0. The van der Waals surface area contributed by atoms with Crippen LogP contribution in [0.5, 0.6) is 5.75 Å². The van der Waals surface area contributed by atoms with E-state index < -0.39 is 0 Å². The maximum Gasteiger partial charge on any atom is 0.119 e. The molecule has 0 bridgehead atoms. The van der Waals surface area contributed by atoms with Gasteiger partial charge in [0.05, 0.1) is 6.61 Å². The van der Waals surface area contributed by atoms with E-state index in [9.17, 15) is 0 Å². The Labute approximate surface area is 180 Å². The van der Waals surface area contributed by atoms with Gasteiger partial charge in [-0.25, -0.2) is 0 Å². The fraction of sp³-hybridized carbons (Fsp3) is 0.786. The van der Waals surface area contributed by atoms with Crippen LogP contribution in [-0.2, 0) is 0 Å². The SMILES string of the molecule is CCCOc1ccc(C2CCC3CC(CCC4CCC(C)CC4)CCC3C2)cc1. The van der Waals surface area contributed by atoms with Crippen molar-refractivity contribution in [1.82, 2.24) is 0 Å². The average Bonchev–Trinajstić information content (AvgIpc) is 2.77. The summed E-state index contributed by atoms with van der Waals surface area (Å²) in [6.45, 7) is 5.44. The Morgan fingerprint density at radius 3 is 2.17 bits per heavy atom. The lowest BCUT2D eigenvalue weighted by molar-refractivity contribution is 0.109. The summed E-state index contributed by atoms with van der Waals surface area (Å²) in [6, 6.07) is 9.07. The van der Waals surface area contributed by atoms with E-state index in [1.54, 1.807) is 12.0 Å². The number of ether oxygens (including phenoxy) is 1. The first-order valence-corrected chi connectivity index (χ1v) is 12.9. The lowest BCUT2D eigenvalue weighted by atomic mass is 9.63. The van der Waals surface area contributed by atoms with Gasteiger partial charge in [-0.1, -0.05) is 70.9 Å². The number of rotatable bonds is 7. The highest BCUT2D eigenvalue weighted by Gasteiger charge is 2.36. The number of hydrogen-bond acceptors (Lipinski definition) is 1. The molecule has 4 unspecified atom stereocenters. The fourth-order valence-electron chi connectivity index (χ4n) is 6.70. The molecule has 4 atom stereocenters. The molecule has 0 aromatic heterocycles. The molecule has 0 spiro atoms. The molecule has 1 heteroatoms. The Morgan fingerprint density at radius 2 is 1.41 bits per heavy atom. The van der Waals surface area contributed by atoms with Crippen molar-refractivity contribution in [3.8, 4) is 5.75 Å². The molecule has 162 valence electrons. The first kappa shape index (κ1) is 21.3. The minimum atomic E-state index is 0.789. The second-order valence-electron chi connectivity index (χ2n) is 10.8. The summed E-state index contributed by atoms with van der Waals surface area (Å²) in [5.41, 5.74) is 1.56. The van der Waals surface area contributed by atoms with Crippen molar-refractivity contribution in [2.45, 2.75) is 103 Å². The summed E-state index contributed by atoms with van der Waals surface area (Å²) in [5, 5.41) is 0. The van der Waals surface area contributed by atoms with Gasteiger partial charge < -0.3 is 4.74 Å². The van der Waals surface area contributed by atoms with Crippen molar-refractivity contribution in [2.75, 3.05) is 6.61 Å². The first-order chi connectivity index (χ1) is 14.2. The quantitative estimate of drug-likeness (QED) is 0.449. The van der Waals surface area contributed by atoms with Crippen LogP contribution in [0.3, 0.4) is 0 Å². The summed E-state index contributed by atoms with van der Waals surface area (Å²) in [6.07, 6.45) is 19.0. The lowest BCUT2D eigenvalue weighted by Gasteiger charge is -2.42. The normalized spacial score (nSPS) is 35.1. The predicted molar refractivity (Wildman–Crippen MR) is 123 cm³/mol. The van der Waals surface area contributed by atoms with Gasteiger partial charge in [-0.15, -0.1) is 0 Å². The largest absolute Gasteiger partial charge is 0.494 e. The second-order valence-corrected chi connectivity index (χ2v) is 10.8. The molecular weight excluding hydrogens is 352 g/mol. The molecule has 0 heterocycles. The summed E-state index contributed by atoms with van der Waals surface area (Å²) in [7, 11) is 0. The van der Waals surface area contributed by atoms with Crippen molar-refractivity contribution in [3.05, 3.63) is 29.8 Å². The standard InChI is InChI=1S/C28H44O/c1-3-18-29-28-16-14-24(15-17-28)26-13-12-25-19-23(10-11-27(25)20-26)9-8-22-6-4-21(2)5-7-22/h14-17,21-23,25-27H,3-13,18-20H2,1-2H3. The van der Waals surface area contributed by atoms with Crippen LogP contribution in [0.25, 0.3) is 0 Å². The van der Waals surface area contributed by atoms with Crippen molar-refractivity contribution in [2.24, 2.45) is 29.6 Å². The van der Waals surface area contributed by atoms with Crippen molar-refractivity contribution >= 4 is 0 Å². The third-order valence-corrected chi connectivity index (χ3v) is 8.66. The Kier molecular flexibility index (Phi) is 7.60. The van der Waals surface area contributed by atoms with Gasteiger partial charge in [0.1, 0.15) is 5.75 Å². The maximum atomic E-state index is 5.77. The number of fused-ring (bicyclic) bond motifs is 1. The van der Waals surface area contributed by atoms with E-state index in [0.29, 0.717) is 0 Å². The molecule has 3 fully saturated rings. The van der Waals surface area contributed by atoms with Gasteiger partial charge in [0.2, 0.25) is 0 Å². The van der Waals surface area contributed by atoms with Gasteiger partial charge >= 0.3 is 0 Å². The van der Waals surface area contributed by atoms with E-state index in [0.717, 1.165) is 54.3 Å². The van der Waals surface area contributed by atoms with E-state index in [4.69, 9.17) is 4.74 Å². The van der Waals surface area contributed by atoms with Gasteiger partial charge in [0, 0.05) is 0 Å². The summed E-state index contributed by atoms with van der Waals surface area (Å²) < 4.78 is 5.77. The molecule has 4 rings (SSSR count). The van der Waals surface area contributed by atoms with Crippen molar-refractivity contribution < 1.29 is 4.74 Å². The molecule has 3 saturated carbocycles. The molecule has 3 aliphatic carbocycles. The summed E-state index contributed by atoms with van der Waals surface area (Å²) in [5.74, 6) is 6.96. The molecule has 0 amide bonds. The highest BCUT2D eigenvalue weighted by atomic mass is 16.5. The van der Waals surface area contributed by atoms with Crippen LogP contribution in [0.2, 0.25) is 0 Å². The van der Waals surface area contributed by atoms with Crippen LogP contribution >= 0.6 is 0 Å². The molecule has 29 heavy (non-hydrogen) atoms. The van der Waals surface area contributed by atoms with Gasteiger partial charge in [0.25, 0.3) is 0 Å². The minimum Gasteiger partial charge on any atom is -0.494 e. The zero-order valence-corrected chi connectivity index (χ0v) is 19.1. The van der Waals surface area contributed by atoms with Crippen LogP contribution in [0, 0.1) is 29.6 Å². The third kappa shape index (κ3) is 5.80. The van der Waals surface area contributed by atoms with Gasteiger partial charge in [-0.3, -0.25) is 0 Å². The average molecular weight is 397 g/mol. The molecule has 1 nitrogen and oxygen atoms in total. The van der Waals surface area contributed by atoms with Gasteiger partial charge in [-0.2, -0.15) is 0 Å². The highest BCUT2D eigenvalue weighted by Crippen LogP contribution is 2.49. The number of hydrogen-bond donors (Lipinski definition) is 0. The molecule has 1 aromatic rings. The van der Waals surface area contributed by atoms with Crippen LogP contribution in [0.4, 0.5) is 0 Å². The lowest BCUT2D eigenvalue weighted by Crippen LogP contribution is -2.30. The Hall–Kier alpha value is -0.980. The van der Waals surface area contributed by atoms with Crippen LogP contribution < -0.4 is 4.74 Å².